The number of hydrogen-bond acceptors (Lipinski definition) is 1. The zero-order valence-corrected chi connectivity index (χ0v) is 13.3. The Balaban J connectivity index is 2.03. The molecule has 1 fully saturated rings. The molecule has 0 unspecified atom stereocenters. The predicted molar refractivity (Wildman–Crippen MR) is 81.5 cm³/mol. The van der Waals surface area contributed by atoms with Gasteiger partial charge in [-0.05, 0) is 54.7 Å². The molecule has 0 heterocycles. The molecule has 0 atom stereocenters. The molecule has 0 spiro atoms. The number of benzene rings is 1. The zero-order chi connectivity index (χ0) is 15.0. The lowest BCUT2D eigenvalue weighted by atomic mass is 9.67. The molecular weight excluding hydrogens is 275 g/mol. The van der Waals surface area contributed by atoms with Crippen LogP contribution in [0.4, 0.5) is 4.39 Å². The van der Waals surface area contributed by atoms with Gasteiger partial charge in [-0.25, -0.2) is 4.39 Å². The van der Waals surface area contributed by atoms with Gasteiger partial charge in [0, 0.05) is 11.4 Å². The van der Waals surface area contributed by atoms with Gasteiger partial charge in [-0.15, -0.1) is 0 Å². The van der Waals surface area contributed by atoms with E-state index in [1.165, 1.54) is 6.07 Å². The molecule has 1 aromatic carbocycles. The Hall–Kier alpha value is -0.600. The minimum atomic E-state index is -0.767. The summed E-state index contributed by atoms with van der Waals surface area (Å²) < 4.78 is 13.8. The highest BCUT2D eigenvalue weighted by molar-refractivity contribution is 6.30. The average Bonchev–Trinajstić information content (AvgIpc) is 2.32. The topological polar surface area (TPSA) is 20.2 Å². The van der Waals surface area contributed by atoms with Crippen molar-refractivity contribution >= 4 is 11.6 Å². The van der Waals surface area contributed by atoms with Crippen LogP contribution in [0.3, 0.4) is 0 Å². The quantitative estimate of drug-likeness (QED) is 0.815. The van der Waals surface area contributed by atoms with Crippen molar-refractivity contribution in [3.8, 4) is 0 Å². The van der Waals surface area contributed by atoms with E-state index >= 15 is 0 Å². The van der Waals surface area contributed by atoms with E-state index in [4.69, 9.17) is 11.6 Å². The van der Waals surface area contributed by atoms with Crippen LogP contribution in [0.5, 0.6) is 0 Å². The van der Waals surface area contributed by atoms with Gasteiger partial charge in [-0.2, -0.15) is 0 Å². The Labute approximate surface area is 126 Å². The van der Waals surface area contributed by atoms with Crippen LogP contribution in [-0.2, 0) is 6.42 Å². The molecule has 0 amide bonds. The van der Waals surface area contributed by atoms with Crippen LogP contribution in [-0.4, -0.2) is 10.7 Å². The van der Waals surface area contributed by atoms with Crippen LogP contribution in [0.2, 0.25) is 5.02 Å². The van der Waals surface area contributed by atoms with Gasteiger partial charge in [0.15, 0.2) is 0 Å². The normalized spacial score (nSPS) is 27.6. The molecule has 0 saturated heterocycles. The summed E-state index contributed by atoms with van der Waals surface area (Å²) in [6.07, 6.45) is 3.89. The van der Waals surface area contributed by atoms with E-state index in [2.05, 4.69) is 20.8 Å². The monoisotopic (exact) mass is 298 g/mol. The lowest BCUT2D eigenvalue weighted by Crippen LogP contribution is -2.39. The Morgan fingerprint density at radius 2 is 1.90 bits per heavy atom. The van der Waals surface area contributed by atoms with E-state index in [0.717, 1.165) is 25.7 Å². The lowest BCUT2D eigenvalue weighted by Gasteiger charge is -2.41. The second-order valence-electron chi connectivity index (χ2n) is 7.28. The number of hydrogen-bond donors (Lipinski definition) is 1. The summed E-state index contributed by atoms with van der Waals surface area (Å²) in [5, 5.41) is 11.1. The summed E-state index contributed by atoms with van der Waals surface area (Å²) in [6, 6.07) is 4.69. The van der Waals surface area contributed by atoms with E-state index in [1.54, 1.807) is 12.1 Å². The van der Waals surface area contributed by atoms with E-state index in [1.807, 2.05) is 0 Å². The SMILES string of the molecule is CC(C)(C)C1CCC(O)(Cc2ccc(Cl)cc2F)CC1. The molecule has 1 saturated carbocycles. The van der Waals surface area contributed by atoms with Gasteiger partial charge in [0.25, 0.3) is 0 Å². The molecule has 2 rings (SSSR count). The molecule has 3 heteroatoms. The maximum Gasteiger partial charge on any atom is 0.127 e. The first-order valence-corrected chi connectivity index (χ1v) is 7.74. The summed E-state index contributed by atoms with van der Waals surface area (Å²) in [7, 11) is 0. The Morgan fingerprint density at radius 1 is 1.30 bits per heavy atom. The summed E-state index contributed by atoms with van der Waals surface area (Å²) >= 11 is 5.76. The maximum absolute atomic E-state index is 13.8. The first kappa shape index (κ1) is 15.8. The first-order chi connectivity index (χ1) is 9.20. The summed E-state index contributed by atoms with van der Waals surface area (Å²) in [5.74, 6) is 0.321. The van der Waals surface area contributed by atoms with Crippen LogP contribution in [0.1, 0.15) is 52.0 Å². The third kappa shape index (κ3) is 3.73. The molecule has 1 nitrogen and oxygen atoms in total. The summed E-state index contributed by atoms with van der Waals surface area (Å²) in [5.41, 5.74) is 0.0783. The molecule has 112 valence electrons. The fourth-order valence-electron chi connectivity index (χ4n) is 3.22. The molecule has 0 aliphatic heterocycles. The number of aliphatic hydroxyl groups is 1. The molecule has 0 aromatic heterocycles. The molecule has 1 N–H and O–H groups in total. The fraction of sp³-hybridized carbons (Fsp3) is 0.647. The van der Waals surface area contributed by atoms with E-state index in [0.29, 0.717) is 22.9 Å². The highest BCUT2D eigenvalue weighted by atomic mass is 35.5. The molecule has 20 heavy (non-hydrogen) atoms. The van der Waals surface area contributed by atoms with Gasteiger partial charge in [0.1, 0.15) is 5.82 Å². The molecular formula is C17H24ClFO. The van der Waals surface area contributed by atoms with Crippen molar-refractivity contribution in [1.29, 1.82) is 0 Å². The van der Waals surface area contributed by atoms with Gasteiger partial charge >= 0.3 is 0 Å². The summed E-state index contributed by atoms with van der Waals surface area (Å²) in [4.78, 5) is 0. The first-order valence-electron chi connectivity index (χ1n) is 7.36. The highest BCUT2D eigenvalue weighted by Gasteiger charge is 2.37. The van der Waals surface area contributed by atoms with Gasteiger partial charge in [0.05, 0.1) is 5.60 Å². The second-order valence-corrected chi connectivity index (χ2v) is 7.71. The van der Waals surface area contributed by atoms with E-state index in [9.17, 15) is 9.50 Å². The van der Waals surface area contributed by atoms with E-state index in [-0.39, 0.29) is 11.2 Å². The van der Waals surface area contributed by atoms with Gasteiger partial charge < -0.3 is 5.11 Å². The lowest BCUT2D eigenvalue weighted by molar-refractivity contribution is -0.0250. The Morgan fingerprint density at radius 3 is 2.40 bits per heavy atom. The minimum Gasteiger partial charge on any atom is -0.390 e. The third-order valence-electron chi connectivity index (χ3n) is 4.68. The van der Waals surface area contributed by atoms with Crippen molar-refractivity contribution in [3.63, 3.8) is 0 Å². The molecule has 0 radical (unpaired) electrons. The van der Waals surface area contributed by atoms with Crippen molar-refractivity contribution in [2.45, 2.75) is 58.5 Å². The third-order valence-corrected chi connectivity index (χ3v) is 4.91. The van der Waals surface area contributed by atoms with Gasteiger partial charge in [0.2, 0.25) is 0 Å². The highest BCUT2D eigenvalue weighted by Crippen LogP contribution is 2.42. The zero-order valence-electron chi connectivity index (χ0n) is 12.5. The standard InChI is InChI=1S/C17H24ClFO/c1-16(2,3)13-6-8-17(20,9-7-13)11-12-4-5-14(18)10-15(12)19/h4-5,10,13,20H,6-9,11H2,1-3H3. The minimum absolute atomic E-state index is 0.285. The number of halogens is 2. The van der Waals surface area contributed by atoms with Crippen molar-refractivity contribution in [3.05, 3.63) is 34.6 Å². The van der Waals surface area contributed by atoms with Gasteiger partial charge in [-0.3, -0.25) is 0 Å². The smallest absolute Gasteiger partial charge is 0.127 e. The Bertz CT molecular complexity index is 470. The van der Waals surface area contributed by atoms with Crippen LogP contribution in [0.25, 0.3) is 0 Å². The largest absolute Gasteiger partial charge is 0.390 e. The van der Waals surface area contributed by atoms with Crippen molar-refractivity contribution in [2.75, 3.05) is 0 Å². The second kappa shape index (κ2) is 5.65. The molecule has 1 aliphatic rings. The molecule has 1 aromatic rings. The van der Waals surface area contributed by atoms with Crippen molar-refractivity contribution in [2.24, 2.45) is 11.3 Å². The van der Waals surface area contributed by atoms with Gasteiger partial charge in [-0.1, -0.05) is 38.4 Å². The fourth-order valence-corrected chi connectivity index (χ4v) is 3.38. The van der Waals surface area contributed by atoms with E-state index < -0.39 is 5.60 Å². The summed E-state index contributed by atoms with van der Waals surface area (Å²) in [6.45, 7) is 6.75. The van der Waals surface area contributed by atoms with Crippen LogP contribution in [0, 0.1) is 17.2 Å². The number of rotatable bonds is 2. The Kier molecular flexibility index (Phi) is 4.46. The maximum atomic E-state index is 13.8. The van der Waals surface area contributed by atoms with Crippen molar-refractivity contribution in [1.82, 2.24) is 0 Å². The van der Waals surface area contributed by atoms with Crippen LogP contribution >= 0.6 is 11.6 Å². The average molecular weight is 299 g/mol. The molecule has 0 bridgehead atoms. The molecule has 1 aliphatic carbocycles. The predicted octanol–water partition coefficient (Wildman–Crippen LogP) is 4.99. The van der Waals surface area contributed by atoms with Crippen LogP contribution in [0.15, 0.2) is 18.2 Å². The van der Waals surface area contributed by atoms with Crippen molar-refractivity contribution < 1.29 is 9.50 Å². The van der Waals surface area contributed by atoms with Crippen LogP contribution < -0.4 is 0 Å².